The van der Waals surface area contributed by atoms with E-state index in [1.807, 2.05) is 19.1 Å². The Bertz CT molecular complexity index is 704. The highest BCUT2D eigenvalue weighted by atomic mass is 16.5. The van der Waals surface area contributed by atoms with Crippen molar-refractivity contribution in [2.24, 2.45) is 5.41 Å². The average Bonchev–Trinajstić information content (AvgIpc) is 2.99. The third-order valence-electron chi connectivity index (χ3n) is 3.71. The Kier molecular flexibility index (Phi) is 6.31. The summed E-state index contributed by atoms with van der Waals surface area (Å²) in [6, 6.07) is 7.19. The summed E-state index contributed by atoms with van der Waals surface area (Å²) < 4.78 is 5.32. The molecule has 0 spiro atoms. The van der Waals surface area contributed by atoms with Gasteiger partial charge in [0.2, 0.25) is 11.7 Å². The first kappa shape index (κ1) is 19.1. The van der Waals surface area contributed by atoms with Crippen LogP contribution in [0, 0.1) is 5.41 Å². The van der Waals surface area contributed by atoms with Gasteiger partial charge in [0.05, 0.1) is 0 Å². The first-order valence-corrected chi connectivity index (χ1v) is 8.63. The predicted octanol–water partition coefficient (Wildman–Crippen LogP) is 3.22. The van der Waals surface area contributed by atoms with E-state index in [9.17, 15) is 4.79 Å². The van der Waals surface area contributed by atoms with E-state index >= 15 is 0 Å². The number of nitrogens with one attached hydrogen (secondary N) is 1. The van der Waals surface area contributed by atoms with Crippen LogP contribution in [0.15, 0.2) is 28.8 Å². The van der Waals surface area contributed by atoms with Crippen molar-refractivity contribution in [2.75, 3.05) is 6.61 Å². The van der Waals surface area contributed by atoms with Gasteiger partial charge in [-0.05, 0) is 37.3 Å². The van der Waals surface area contributed by atoms with Crippen LogP contribution in [0.2, 0.25) is 0 Å². The average molecular weight is 345 g/mol. The summed E-state index contributed by atoms with van der Waals surface area (Å²) in [5.41, 5.74) is 1.37. The number of hydrogen-bond donors (Lipinski definition) is 2. The topological polar surface area (TPSA) is 88.2 Å². The van der Waals surface area contributed by atoms with E-state index in [-0.39, 0.29) is 24.0 Å². The molecule has 0 radical (unpaired) electrons. The standard InChI is InChI=1S/C19H27N3O3/c1-13(7-6-10-23)20-18(24)15-9-5-8-14(11-15)17-21-16(25-22-17)12-19(2,3)4/h5,8-9,11,13,23H,6-7,10,12H2,1-4H3,(H,20,24). The molecule has 2 N–H and O–H groups in total. The van der Waals surface area contributed by atoms with Crippen LogP contribution in [0.1, 0.15) is 56.8 Å². The molecule has 1 aromatic heterocycles. The van der Waals surface area contributed by atoms with Crippen LogP contribution in [-0.2, 0) is 6.42 Å². The Morgan fingerprint density at radius 2 is 2.12 bits per heavy atom. The summed E-state index contributed by atoms with van der Waals surface area (Å²) in [5.74, 6) is 0.933. The molecular weight excluding hydrogens is 318 g/mol. The zero-order chi connectivity index (χ0) is 18.4. The van der Waals surface area contributed by atoms with Crippen LogP contribution >= 0.6 is 0 Å². The smallest absolute Gasteiger partial charge is 0.251 e. The zero-order valence-electron chi connectivity index (χ0n) is 15.4. The van der Waals surface area contributed by atoms with Crippen LogP contribution in [0.3, 0.4) is 0 Å². The molecule has 0 bridgehead atoms. The number of carbonyl (C=O) groups excluding carboxylic acids is 1. The van der Waals surface area contributed by atoms with Gasteiger partial charge in [-0.2, -0.15) is 4.98 Å². The predicted molar refractivity (Wildman–Crippen MR) is 96.1 cm³/mol. The molecule has 1 unspecified atom stereocenters. The highest BCUT2D eigenvalue weighted by Gasteiger charge is 2.18. The first-order chi connectivity index (χ1) is 11.8. The largest absolute Gasteiger partial charge is 0.396 e. The van der Waals surface area contributed by atoms with Gasteiger partial charge in [-0.3, -0.25) is 4.79 Å². The molecular formula is C19H27N3O3. The van der Waals surface area contributed by atoms with Gasteiger partial charge in [0, 0.05) is 30.2 Å². The second kappa shape index (κ2) is 8.25. The summed E-state index contributed by atoms with van der Waals surface area (Å²) in [4.78, 5) is 16.8. The molecule has 2 rings (SSSR count). The fraction of sp³-hybridized carbons (Fsp3) is 0.526. The maximum atomic E-state index is 12.4. The molecule has 6 heteroatoms. The van der Waals surface area contributed by atoms with Gasteiger partial charge in [-0.25, -0.2) is 0 Å². The molecule has 0 saturated carbocycles. The number of nitrogens with zero attached hydrogens (tertiary/aromatic N) is 2. The Labute approximate surface area is 148 Å². The number of benzene rings is 1. The van der Waals surface area contributed by atoms with Gasteiger partial charge in [-0.1, -0.05) is 38.1 Å². The lowest BCUT2D eigenvalue weighted by Gasteiger charge is -2.14. The third kappa shape index (κ3) is 5.98. The molecule has 136 valence electrons. The fourth-order valence-corrected chi connectivity index (χ4v) is 2.47. The number of aliphatic hydroxyl groups is 1. The summed E-state index contributed by atoms with van der Waals surface area (Å²) in [7, 11) is 0. The van der Waals surface area contributed by atoms with Crippen molar-refractivity contribution in [1.82, 2.24) is 15.5 Å². The normalized spacial score (nSPS) is 12.8. The van der Waals surface area contributed by atoms with Gasteiger partial charge in [0.15, 0.2) is 0 Å². The summed E-state index contributed by atoms with van der Waals surface area (Å²) in [6.45, 7) is 8.39. The van der Waals surface area contributed by atoms with Crippen molar-refractivity contribution < 1.29 is 14.4 Å². The Balaban J connectivity index is 2.09. The molecule has 0 aliphatic heterocycles. The van der Waals surface area contributed by atoms with E-state index in [0.717, 1.165) is 12.0 Å². The minimum Gasteiger partial charge on any atom is -0.396 e. The fourth-order valence-electron chi connectivity index (χ4n) is 2.47. The maximum Gasteiger partial charge on any atom is 0.251 e. The minimum absolute atomic E-state index is 0.00636. The molecule has 25 heavy (non-hydrogen) atoms. The summed E-state index contributed by atoms with van der Waals surface area (Å²) in [6.07, 6.45) is 2.10. The lowest BCUT2D eigenvalue weighted by atomic mass is 9.92. The second-order valence-electron chi connectivity index (χ2n) is 7.57. The molecule has 1 amide bonds. The van der Waals surface area contributed by atoms with Gasteiger partial charge >= 0.3 is 0 Å². The zero-order valence-corrected chi connectivity index (χ0v) is 15.4. The van der Waals surface area contributed by atoms with Crippen molar-refractivity contribution in [3.63, 3.8) is 0 Å². The number of aromatic nitrogens is 2. The molecule has 0 fully saturated rings. The molecule has 1 aromatic carbocycles. The lowest BCUT2D eigenvalue weighted by molar-refractivity contribution is 0.0936. The number of hydrogen-bond acceptors (Lipinski definition) is 5. The second-order valence-corrected chi connectivity index (χ2v) is 7.57. The van der Waals surface area contributed by atoms with E-state index in [2.05, 4.69) is 36.2 Å². The van der Waals surface area contributed by atoms with E-state index < -0.39 is 0 Å². The monoisotopic (exact) mass is 345 g/mol. The van der Waals surface area contributed by atoms with Crippen LogP contribution in [0.5, 0.6) is 0 Å². The number of rotatable bonds is 7. The highest BCUT2D eigenvalue weighted by Crippen LogP contribution is 2.22. The van der Waals surface area contributed by atoms with Crippen LogP contribution < -0.4 is 5.32 Å². The molecule has 1 atom stereocenters. The van der Waals surface area contributed by atoms with Crippen LogP contribution in [0.4, 0.5) is 0 Å². The van der Waals surface area contributed by atoms with Crippen molar-refractivity contribution in [2.45, 2.75) is 53.0 Å². The Hall–Kier alpha value is -2.21. The number of aliphatic hydroxyl groups excluding tert-OH is 1. The summed E-state index contributed by atoms with van der Waals surface area (Å²) >= 11 is 0. The molecule has 0 saturated heterocycles. The number of amides is 1. The van der Waals surface area contributed by atoms with Crippen molar-refractivity contribution in [3.8, 4) is 11.4 Å². The van der Waals surface area contributed by atoms with E-state index in [4.69, 9.17) is 9.63 Å². The van der Waals surface area contributed by atoms with Crippen molar-refractivity contribution in [1.29, 1.82) is 0 Å². The Morgan fingerprint density at radius 3 is 2.80 bits per heavy atom. The highest BCUT2D eigenvalue weighted by molar-refractivity contribution is 5.95. The molecule has 6 nitrogen and oxygen atoms in total. The van der Waals surface area contributed by atoms with E-state index in [0.29, 0.717) is 30.1 Å². The minimum atomic E-state index is -0.148. The quantitative estimate of drug-likeness (QED) is 0.804. The van der Waals surface area contributed by atoms with Gasteiger partial charge in [-0.15, -0.1) is 0 Å². The van der Waals surface area contributed by atoms with E-state index in [1.54, 1.807) is 12.1 Å². The maximum absolute atomic E-state index is 12.4. The number of carbonyl (C=O) groups is 1. The van der Waals surface area contributed by atoms with Gasteiger partial charge < -0.3 is 14.9 Å². The lowest BCUT2D eigenvalue weighted by Crippen LogP contribution is -2.32. The molecule has 0 aliphatic carbocycles. The van der Waals surface area contributed by atoms with Crippen LogP contribution in [-0.4, -0.2) is 33.8 Å². The first-order valence-electron chi connectivity index (χ1n) is 8.63. The summed E-state index contributed by atoms with van der Waals surface area (Å²) in [5, 5.41) is 15.8. The van der Waals surface area contributed by atoms with Crippen molar-refractivity contribution in [3.05, 3.63) is 35.7 Å². The molecule has 1 heterocycles. The van der Waals surface area contributed by atoms with Crippen molar-refractivity contribution >= 4 is 5.91 Å². The third-order valence-corrected chi connectivity index (χ3v) is 3.71. The van der Waals surface area contributed by atoms with E-state index in [1.165, 1.54) is 0 Å². The SMILES string of the molecule is CC(CCCO)NC(=O)c1cccc(-c2noc(CC(C)(C)C)n2)c1. The Morgan fingerprint density at radius 1 is 1.36 bits per heavy atom. The van der Waals surface area contributed by atoms with Crippen LogP contribution in [0.25, 0.3) is 11.4 Å². The van der Waals surface area contributed by atoms with Gasteiger partial charge in [0.1, 0.15) is 0 Å². The molecule has 0 aliphatic rings. The van der Waals surface area contributed by atoms with Gasteiger partial charge in [0.25, 0.3) is 5.91 Å². The molecule has 2 aromatic rings.